The summed E-state index contributed by atoms with van der Waals surface area (Å²) in [5.41, 5.74) is 3.78. The average molecular weight is 263 g/mol. The Hall–Kier alpha value is -1.36. The number of anilines is 2. The summed E-state index contributed by atoms with van der Waals surface area (Å²) in [7, 11) is 0. The van der Waals surface area contributed by atoms with Gasteiger partial charge in [-0.3, -0.25) is 0 Å². The largest absolute Gasteiger partial charge is 0.367 e. The van der Waals surface area contributed by atoms with Gasteiger partial charge in [0.1, 0.15) is 18.0 Å². The van der Waals surface area contributed by atoms with Crippen molar-refractivity contribution in [1.82, 2.24) is 9.97 Å². The van der Waals surface area contributed by atoms with Crippen LogP contribution in [0.25, 0.3) is 0 Å². The molecule has 0 aromatic carbocycles. The van der Waals surface area contributed by atoms with Crippen molar-refractivity contribution in [3.63, 3.8) is 0 Å². The summed E-state index contributed by atoms with van der Waals surface area (Å²) in [6.07, 6.45) is 8.66. The van der Waals surface area contributed by atoms with Gasteiger partial charge in [0.05, 0.1) is 0 Å². The first-order valence-electron chi connectivity index (χ1n) is 7.31. The molecule has 1 aliphatic rings. The number of hydrazine groups is 1. The zero-order chi connectivity index (χ0) is 13.7. The van der Waals surface area contributed by atoms with E-state index in [2.05, 4.69) is 34.6 Å². The van der Waals surface area contributed by atoms with Gasteiger partial charge >= 0.3 is 0 Å². The Kier molecular flexibility index (Phi) is 4.96. The number of hydrogen-bond acceptors (Lipinski definition) is 5. The van der Waals surface area contributed by atoms with Gasteiger partial charge in [0.2, 0.25) is 0 Å². The van der Waals surface area contributed by atoms with E-state index in [1.165, 1.54) is 25.7 Å². The maximum Gasteiger partial charge on any atom is 0.148 e. The molecule has 0 bridgehead atoms. The van der Waals surface area contributed by atoms with Gasteiger partial charge in [-0.1, -0.05) is 33.1 Å². The van der Waals surface area contributed by atoms with E-state index in [0.717, 1.165) is 36.0 Å². The summed E-state index contributed by atoms with van der Waals surface area (Å²) in [6, 6.07) is 0.528. The van der Waals surface area contributed by atoms with Gasteiger partial charge in [0, 0.05) is 11.6 Å². The SMILES string of the molecule is CCCc1c(NN)ncnc1NC1CCCC(C)C1. The minimum atomic E-state index is 0.528. The van der Waals surface area contributed by atoms with Crippen LogP contribution in [0, 0.1) is 5.92 Å². The van der Waals surface area contributed by atoms with Crippen molar-refractivity contribution >= 4 is 11.6 Å². The third-order valence-corrected chi connectivity index (χ3v) is 3.86. The van der Waals surface area contributed by atoms with Crippen LogP contribution in [-0.4, -0.2) is 16.0 Å². The summed E-state index contributed by atoms with van der Waals surface area (Å²) < 4.78 is 0. The Bertz CT molecular complexity index is 407. The molecule has 1 saturated carbocycles. The maximum atomic E-state index is 5.54. The van der Waals surface area contributed by atoms with Crippen LogP contribution in [0.15, 0.2) is 6.33 Å². The van der Waals surface area contributed by atoms with Crippen molar-refractivity contribution in [3.8, 4) is 0 Å². The number of nitrogens with zero attached hydrogens (tertiary/aromatic N) is 2. The lowest BCUT2D eigenvalue weighted by Crippen LogP contribution is -2.27. The quantitative estimate of drug-likeness (QED) is 0.562. The highest BCUT2D eigenvalue weighted by Gasteiger charge is 2.20. The third kappa shape index (κ3) is 3.56. The molecule has 2 atom stereocenters. The average Bonchev–Trinajstić information content (AvgIpc) is 2.41. The highest BCUT2D eigenvalue weighted by Crippen LogP contribution is 2.28. The zero-order valence-corrected chi connectivity index (χ0v) is 11.9. The molecule has 2 rings (SSSR count). The van der Waals surface area contributed by atoms with Gasteiger partial charge in [0.25, 0.3) is 0 Å². The van der Waals surface area contributed by atoms with Gasteiger partial charge in [-0.15, -0.1) is 0 Å². The van der Waals surface area contributed by atoms with E-state index >= 15 is 0 Å². The van der Waals surface area contributed by atoms with E-state index in [1.54, 1.807) is 6.33 Å². The number of nitrogen functional groups attached to an aromatic ring is 1. The van der Waals surface area contributed by atoms with Crippen molar-refractivity contribution in [2.45, 2.75) is 58.4 Å². The molecule has 1 aromatic rings. The van der Waals surface area contributed by atoms with Crippen LogP contribution >= 0.6 is 0 Å². The lowest BCUT2D eigenvalue weighted by atomic mass is 9.87. The van der Waals surface area contributed by atoms with Crippen LogP contribution in [0.2, 0.25) is 0 Å². The van der Waals surface area contributed by atoms with Crippen LogP contribution in [0.3, 0.4) is 0 Å². The highest BCUT2D eigenvalue weighted by atomic mass is 15.3. The third-order valence-electron chi connectivity index (χ3n) is 3.86. The minimum Gasteiger partial charge on any atom is -0.367 e. The maximum absolute atomic E-state index is 5.54. The Morgan fingerprint density at radius 2 is 2.11 bits per heavy atom. The van der Waals surface area contributed by atoms with Crippen molar-refractivity contribution < 1.29 is 0 Å². The zero-order valence-electron chi connectivity index (χ0n) is 11.9. The smallest absolute Gasteiger partial charge is 0.148 e. The molecule has 0 amide bonds. The number of hydrogen-bond donors (Lipinski definition) is 3. The Morgan fingerprint density at radius 3 is 2.79 bits per heavy atom. The fourth-order valence-corrected chi connectivity index (χ4v) is 2.91. The second-order valence-corrected chi connectivity index (χ2v) is 5.56. The predicted molar refractivity (Wildman–Crippen MR) is 78.9 cm³/mol. The lowest BCUT2D eigenvalue weighted by molar-refractivity contribution is 0.358. The van der Waals surface area contributed by atoms with Gasteiger partial charge in [-0.25, -0.2) is 15.8 Å². The molecule has 1 fully saturated rings. The molecule has 5 nitrogen and oxygen atoms in total. The molecule has 106 valence electrons. The summed E-state index contributed by atoms with van der Waals surface area (Å²) in [5, 5.41) is 3.59. The summed E-state index contributed by atoms with van der Waals surface area (Å²) in [4.78, 5) is 8.60. The van der Waals surface area contributed by atoms with E-state index < -0.39 is 0 Å². The second-order valence-electron chi connectivity index (χ2n) is 5.56. The van der Waals surface area contributed by atoms with E-state index in [0.29, 0.717) is 6.04 Å². The number of nitrogens with two attached hydrogens (primary N) is 1. The molecule has 1 aromatic heterocycles. The van der Waals surface area contributed by atoms with Crippen molar-refractivity contribution in [2.75, 3.05) is 10.7 Å². The van der Waals surface area contributed by atoms with Gasteiger partial charge < -0.3 is 10.7 Å². The summed E-state index contributed by atoms with van der Waals surface area (Å²) >= 11 is 0. The topological polar surface area (TPSA) is 75.9 Å². The first-order valence-corrected chi connectivity index (χ1v) is 7.31. The van der Waals surface area contributed by atoms with Crippen molar-refractivity contribution in [2.24, 2.45) is 11.8 Å². The molecule has 2 unspecified atom stereocenters. The standard InChI is InChI=1S/C14H25N5/c1-3-5-12-13(16-9-17-14(12)19-15)18-11-7-4-6-10(2)8-11/h9-11H,3-8,15H2,1-2H3,(H2,16,17,18,19). The fourth-order valence-electron chi connectivity index (χ4n) is 2.91. The second kappa shape index (κ2) is 6.70. The molecule has 4 N–H and O–H groups in total. The number of nitrogens with one attached hydrogen (secondary N) is 2. The van der Waals surface area contributed by atoms with E-state index in [-0.39, 0.29) is 0 Å². The number of rotatable bonds is 5. The van der Waals surface area contributed by atoms with Crippen LogP contribution in [0.4, 0.5) is 11.6 Å². The van der Waals surface area contributed by atoms with Crippen LogP contribution in [-0.2, 0) is 6.42 Å². The van der Waals surface area contributed by atoms with E-state index in [1.807, 2.05) is 0 Å². The molecule has 0 spiro atoms. The Labute approximate surface area is 115 Å². The van der Waals surface area contributed by atoms with Crippen molar-refractivity contribution in [1.29, 1.82) is 0 Å². The molecular formula is C14H25N5. The Morgan fingerprint density at radius 1 is 1.32 bits per heavy atom. The van der Waals surface area contributed by atoms with E-state index in [4.69, 9.17) is 5.84 Å². The lowest BCUT2D eigenvalue weighted by Gasteiger charge is -2.28. The molecular weight excluding hydrogens is 238 g/mol. The highest BCUT2D eigenvalue weighted by molar-refractivity contribution is 5.57. The summed E-state index contributed by atoms with van der Waals surface area (Å²) in [5.74, 6) is 8.02. The van der Waals surface area contributed by atoms with Gasteiger partial charge in [-0.05, 0) is 25.2 Å². The Balaban J connectivity index is 2.14. The first-order chi connectivity index (χ1) is 9.24. The van der Waals surface area contributed by atoms with Crippen LogP contribution in [0.1, 0.15) is 51.5 Å². The fraction of sp³-hybridized carbons (Fsp3) is 0.714. The molecule has 0 aliphatic heterocycles. The van der Waals surface area contributed by atoms with Crippen LogP contribution in [0.5, 0.6) is 0 Å². The minimum absolute atomic E-state index is 0.528. The predicted octanol–water partition coefficient (Wildman–Crippen LogP) is 2.71. The molecule has 0 radical (unpaired) electrons. The molecule has 1 aliphatic carbocycles. The molecule has 5 heteroatoms. The normalized spacial score (nSPS) is 23.1. The van der Waals surface area contributed by atoms with E-state index in [9.17, 15) is 0 Å². The summed E-state index contributed by atoms with van der Waals surface area (Å²) in [6.45, 7) is 4.48. The monoisotopic (exact) mass is 263 g/mol. The van der Waals surface area contributed by atoms with Crippen LogP contribution < -0.4 is 16.6 Å². The molecule has 1 heterocycles. The molecule has 0 saturated heterocycles. The number of aromatic nitrogens is 2. The van der Waals surface area contributed by atoms with Gasteiger partial charge in [-0.2, -0.15) is 0 Å². The van der Waals surface area contributed by atoms with Crippen molar-refractivity contribution in [3.05, 3.63) is 11.9 Å². The van der Waals surface area contributed by atoms with Gasteiger partial charge in [0.15, 0.2) is 0 Å². The first kappa shape index (κ1) is 14.1. The molecule has 19 heavy (non-hydrogen) atoms.